The van der Waals surface area contributed by atoms with E-state index in [9.17, 15) is 45.6 Å². The highest BCUT2D eigenvalue weighted by atomic mass is 32.2. The van der Waals surface area contributed by atoms with Gasteiger partial charge in [-0.2, -0.15) is 21.6 Å². The molecule has 0 bridgehead atoms. The van der Waals surface area contributed by atoms with E-state index in [0.717, 1.165) is 50.3 Å². The van der Waals surface area contributed by atoms with Gasteiger partial charge in [-0.15, -0.1) is 0 Å². The number of hydrogen-bond donors (Lipinski definition) is 1. The van der Waals surface area contributed by atoms with E-state index in [2.05, 4.69) is 60.9 Å². The fraction of sp³-hybridized carbons (Fsp3) is 0.417. The first kappa shape index (κ1) is 62.9. The van der Waals surface area contributed by atoms with Crippen molar-refractivity contribution in [2.45, 2.75) is 94.1 Å². The quantitative estimate of drug-likeness (QED) is 0.0282. The largest absolute Gasteiger partial charge is 0.534 e. The Kier molecular flexibility index (Phi) is 18.8. The number of nitrogens with zero attached hydrogens (tertiary/aromatic N) is 4. The summed E-state index contributed by atoms with van der Waals surface area (Å²) in [5.74, 6) is -2.74. The summed E-state index contributed by atoms with van der Waals surface area (Å²) < 4.78 is 110. The molecule has 9 rings (SSSR count). The second-order valence-electron chi connectivity index (χ2n) is 23.6. The van der Waals surface area contributed by atoms with E-state index in [4.69, 9.17) is 33.2 Å². The number of fused-ring (bicyclic) bond motifs is 7. The molecule has 1 aliphatic carbocycles. The van der Waals surface area contributed by atoms with E-state index in [1.807, 2.05) is 36.4 Å². The zero-order valence-corrected chi connectivity index (χ0v) is 51.9. The van der Waals surface area contributed by atoms with Crippen molar-refractivity contribution in [3.05, 3.63) is 131 Å². The van der Waals surface area contributed by atoms with Crippen molar-refractivity contribution in [3.8, 4) is 34.1 Å². The fourth-order valence-corrected chi connectivity index (χ4v) is 12.5. The highest BCUT2D eigenvalue weighted by Gasteiger charge is 2.51. The molecule has 0 aromatic heterocycles. The molecule has 20 nitrogen and oxygen atoms in total. The predicted octanol–water partition coefficient (Wildman–Crippen LogP) is 9.98. The van der Waals surface area contributed by atoms with Crippen LogP contribution in [-0.4, -0.2) is 149 Å². The Balaban J connectivity index is 0.877. The Hall–Kier alpha value is -7.66. The number of amides is 5. The van der Waals surface area contributed by atoms with E-state index >= 15 is 0 Å². The second kappa shape index (κ2) is 25.7. The van der Waals surface area contributed by atoms with Gasteiger partial charge in [0.1, 0.15) is 37.9 Å². The smallest absolute Gasteiger partial charge is 0.493 e. The molecule has 1 N–H and O–H groups in total. The molecule has 4 aliphatic heterocycles. The Bertz CT molecular complexity index is 3450. The number of carbonyl (C=O) groups is 5. The first-order valence-electron chi connectivity index (χ1n) is 28.1. The Labute approximate surface area is 499 Å². The summed E-state index contributed by atoms with van der Waals surface area (Å²) in [7, 11) is -6.52. The number of allylic oxidation sites excluding steroid dienone is 1. The number of rotatable bonds is 25. The average Bonchev–Trinajstić information content (AvgIpc) is 1.94. The van der Waals surface area contributed by atoms with Crippen molar-refractivity contribution < 1.29 is 82.9 Å². The lowest BCUT2D eigenvalue weighted by Gasteiger charge is -2.27. The molecule has 26 heteroatoms. The molecule has 5 aliphatic rings. The summed E-state index contributed by atoms with van der Waals surface area (Å²) in [6.07, 6.45) is 5.07. The zero-order chi connectivity index (χ0) is 61.9. The van der Waals surface area contributed by atoms with Crippen LogP contribution in [0.25, 0.3) is 11.1 Å². The number of ether oxygens (including phenoxy) is 7. The van der Waals surface area contributed by atoms with Gasteiger partial charge in [-0.1, -0.05) is 100.0 Å². The number of benzene rings is 4. The molecule has 0 saturated carbocycles. The van der Waals surface area contributed by atoms with Crippen LogP contribution in [0.15, 0.2) is 109 Å². The van der Waals surface area contributed by atoms with E-state index < -0.39 is 79.9 Å². The van der Waals surface area contributed by atoms with Crippen molar-refractivity contribution in [1.82, 2.24) is 15.1 Å². The fourth-order valence-electron chi connectivity index (χ4n) is 10.5. The summed E-state index contributed by atoms with van der Waals surface area (Å²) in [6.45, 7) is 13.5. The van der Waals surface area contributed by atoms with E-state index in [0.29, 0.717) is 12.2 Å². The van der Waals surface area contributed by atoms with Crippen LogP contribution in [0, 0.1) is 0 Å². The molecule has 4 heterocycles. The van der Waals surface area contributed by atoms with Crippen molar-refractivity contribution in [2.24, 2.45) is 0 Å². The molecule has 0 spiro atoms. The minimum atomic E-state index is -6.11. The summed E-state index contributed by atoms with van der Waals surface area (Å²) in [5.41, 5.74) is -0.271. The van der Waals surface area contributed by atoms with Crippen LogP contribution in [0.3, 0.4) is 0 Å². The lowest BCUT2D eigenvalue weighted by molar-refractivity contribution is -0.123. The van der Waals surface area contributed by atoms with Crippen LogP contribution in [0.4, 0.5) is 29.3 Å². The molecule has 460 valence electrons. The molecule has 5 amide bonds. The lowest BCUT2D eigenvalue weighted by Crippen LogP contribution is -2.45. The van der Waals surface area contributed by atoms with E-state index in [1.165, 1.54) is 42.2 Å². The number of anilines is 2. The van der Waals surface area contributed by atoms with Gasteiger partial charge in [-0.05, 0) is 52.0 Å². The molecule has 2 atom stereocenters. The van der Waals surface area contributed by atoms with Crippen LogP contribution in [0.5, 0.6) is 23.0 Å². The molecule has 86 heavy (non-hydrogen) atoms. The maximum atomic E-state index is 14.7. The Morgan fingerprint density at radius 1 is 0.663 bits per heavy atom. The van der Waals surface area contributed by atoms with Crippen LogP contribution >= 0.6 is 0 Å². The molecule has 0 fully saturated rings. The number of hydrogen-bond acceptors (Lipinski definition) is 15. The van der Waals surface area contributed by atoms with Crippen LogP contribution < -0.4 is 34.1 Å². The topological polar surface area (TPSA) is 218 Å². The van der Waals surface area contributed by atoms with Crippen molar-refractivity contribution in [3.63, 3.8) is 0 Å². The standard InChI is InChI=1S/C60H70F3N5O15SSi2/c1-76-51-29-44-47(67(36-78-23-25-85(3,4)5)57(71)49-27-38(33-65(49)55(44)69)15-13-20-64-59(73)82-35-46-42-18-11-9-16-40(42)41-17-10-12-19-43(41)46)31-53(51)80-21-14-22-81-54-32-48-45(30-52(54)77-2)56(70)66-34-39(83-84(74,75)60(61,62)63)28-50(66)58(72)68(48)37-79-24-26-86(6,7)8/h9-13,15-19,29-34,46,49-50H,14,20-28,35-37H2,1-8H3,(H,64,73)/b15-13+/t49-,50-/m0/s1. The third kappa shape index (κ3) is 13.9. The maximum Gasteiger partial charge on any atom is 0.534 e. The van der Waals surface area contributed by atoms with Gasteiger partial charge in [-0.25, -0.2) is 4.79 Å². The number of nitrogens with one attached hydrogen (secondary N) is 1. The number of methoxy groups -OCH3 is 2. The van der Waals surface area contributed by atoms with Gasteiger partial charge in [0.25, 0.3) is 23.6 Å². The van der Waals surface area contributed by atoms with Crippen molar-refractivity contribution >= 4 is 67.4 Å². The van der Waals surface area contributed by atoms with Crippen molar-refractivity contribution in [2.75, 3.05) is 77.1 Å². The normalized spacial score (nSPS) is 17.7. The number of alkyl carbamates (subject to hydrolysis) is 1. The summed E-state index contributed by atoms with van der Waals surface area (Å²) >= 11 is 0. The minimum absolute atomic E-state index is 0.0118. The highest BCUT2D eigenvalue weighted by molar-refractivity contribution is 7.87. The summed E-state index contributed by atoms with van der Waals surface area (Å²) in [5, 5.41) is 2.77. The number of alkyl halides is 3. The molecule has 0 radical (unpaired) electrons. The average molecular weight is 1250 g/mol. The maximum absolute atomic E-state index is 14.7. The van der Waals surface area contributed by atoms with Crippen molar-refractivity contribution in [1.29, 1.82) is 0 Å². The first-order chi connectivity index (χ1) is 40.8. The van der Waals surface area contributed by atoms with Gasteiger partial charge < -0.3 is 47.6 Å². The highest BCUT2D eigenvalue weighted by Crippen LogP contribution is 2.46. The predicted molar refractivity (Wildman–Crippen MR) is 318 cm³/mol. The molecule has 4 aromatic rings. The molecule has 4 aromatic carbocycles. The summed E-state index contributed by atoms with van der Waals surface area (Å²) in [4.78, 5) is 75.5. The van der Waals surface area contributed by atoms with Gasteiger partial charge in [0, 0.05) is 85.6 Å². The van der Waals surface area contributed by atoms with Crippen LogP contribution in [0.2, 0.25) is 51.4 Å². The van der Waals surface area contributed by atoms with Gasteiger partial charge in [0.15, 0.2) is 23.0 Å². The second-order valence-corrected chi connectivity index (χ2v) is 36.4. The zero-order valence-electron chi connectivity index (χ0n) is 49.1. The number of carbonyl (C=O) groups excluding carboxylic acids is 5. The third-order valence-corrected chi connectivity index (χ3v) is 19.4. The van der Waals surface area contributed by atoms with Crippen LogP contribution in [0.1, 0.15) is 57.0 Å². The van der Waals surface area contributed by atoms with E-state index in [1.54, 1.807) is 24.4 Å². The van der Waals surface area contributed by atoms with Gasteiger partial charge >= 0.3 is 21.7 Å². The molecule has 0 saturated heterocycles. The first-order valence-corrected chi connectivity index (χ1v) is 36.9. The van der Waals surface area contributed by atoms with Gasteiger partial charge in [0.2, 0.25) is 0 Å². The van der Waals surface area contributed by atoms with Gasteiger partial charge in [-0.3, -0.25) is 33.9 Å². The van der Waals surface area contributed by atoms with E-state index in [-0.39, 0.29) is 117 Å². The Morgan fingerprint density at radius 2 is 1.15 bits per heavy atom. The lowest BCUT2D eigenvalue weighted by atomic mass is 9.98. The summed E-state index contributed by atoms with van der Waals surface area (Å²) in [6, 6.07) is 21.1. The Morgan fingerprint density at radius 3 is 1.64 bits per heavy atom. The molecular formula is C60H70F3N5O15SSi2. The van der Waals surface area contributed by atoms with Crippen LogP contribution in [-0.2, 0) is 38.1 Å². The third-order valence-electron chi connectivity index (χ3n) is 15.0. The minimum Gasteiger partial charge on any atom is -0.493 e. The molecular weight excluding hydrogens is 1180 g/mol. The SMILES string of the molecule is COc1cc2c(cc1OCCCOc1cc3c(cc1OC)C(=O)N1C=C(OS(=O)(=O)C(F)(F)F)C[C@H]1C(=O)N3COCC[Si](C)(C)C)N(COCC[Si](C)(C)C)C(=O)[C@@H]1CC(/C=C/CNC(=O)OCC3c4ccccc4-c4ccccc43)=CN1C2=O. The van der Waals surface area contributed by atoms with Gasteiger partial charge in [0.05, 0.1) is 49.9 Å². The number of halogens is 3. The monoisotopic (exact) mass is 1250 g/mol. The molecule has 0 unspecified atom stereocenters.